The minimum atomic E-state index is -4.63. The maximum atomic E-state index is 13.4. The summed E-state index contributed by atoms with van der Waals surface area (Å²) in [6, 6.07) is 29.6. The molecule has 14 nitrogen and oxygen atoms in total. The topological polar surface area (TPSA) is 162 Å². The third kappa shape index (κ3) is 17.5. The Morgan fingerprint density at radius 1 is 0.726 bits per heavy atom. The molecule has 15 heteroatoms. The Morgan fingerprint density at radius 2 is 1.41 bits per heavy atom. The van der Waals surface area contributed by atoms with Gasteiger partial charge in [0.2, 0.25) is 17.5 Å². The number of ether oxygens (including phenoxy) is 2. The lowest BCUT2D eigenvalue weighted by molar-refractivity contribution is -0.438. The summed E-state index contributed by atoms with van der Waals surface area (Å²) in [5.74, 6) is 2.24. The number of carbonyl (C=O) groups is 2. The van der Waals surface area contributed by atoms with Crippen LogP contribution >= 0.6 is 0 Å². The molecule has 0 fully saturated rings. The molecule has 0 atom stereocenters. The summed E-state index contributed by atoms with van der Waals surface area (Å²) in [4.78, 5) is 35.5. The Bertz CT molecular complexity index is 3940. The number of unbranched alkanes of at least 4 members (excludes halogenated alkanes) is 10. The molecule has 1 N–H and O–H groups in total. The van der Waals surface area contributed by atoms with Gasteiger partial charge in [-0.05, 0) is 201 Å². The van der Waals surface area contributed by atoms with Crippen LogP contribution < -0.4 is 19.7 Å². The molecule has 95 heavy (non-hydrogen) atoms. The van der Waals surface area contributed by atoms with E-state index in [-0.39, 0.29) is 34.0 Å². The molecule has 0 saturated carbocycles. The zero-order chi connectivity index (χ0) is 67.9. The molecular formula is C80H105N7O7S. The number of amides is 2. The van der Waals surface area contributed by atoms with Crippen LogP contribution in [0.5, 0.6) is 11.5 Å². The molecule has 2 amide bonds. The third-order valence-corrected chi connectivity index (χ3v) is 20.4. The van der Waals surface area contributed by atoms with Crippen LogP contribution in [0.4, 0.5) is 11.4 Å². The number of anilines is 1. The SMILES string of the molecule is CCCCC[N+]1=C(C=CC2=C(Oc3ccc(S(=O)(=O)[O-])cc3)C(=CC=C3N(CCCCCC(=O)NCCCCCCCCCOc4ccc(-c5nn6c(CC)cc(CC)nc6c5CC(=O)N(CC)CC)cc4)c4ccc(C)cc4C3(C)C)CCC2)C(C)(C)c2cc(C)ccc21. The van der Waals surface area contributed by atoms with E-state index in [4.69, 9.17) is 19.6 Å². The molecule has 3 aliphatic rings. The molecule has 508 valence electrons. The van der Waals surface area contributed by atoms with Gasteiger partial charge in [0.1, 0.15) is 33.9 Å². The molecule has 4 aromatic carbocycles. The van der Waals surface area contributed by atoms with Crippen molar-refractivity contribution in [2.75, 3.05) is 44.2 Å². The first-order chi connectivity index (χ1) is 45.7. The van der Waals surface area contributed by atoms with Gasteiger partial charge < -0.3 is 29.1 Å². The number of benzene rings is 4. The monoisotopic (exact) mass is 1310 g/mol. The summed E-state index contributed by atoms with van der Waals surface area (Å²) in [6.07, 6.45) is 27.7. The summed E-state index contributed by atoms with van der Waals surface area (Å²) >= 11 is 0. The van der Waals surface area contributed by atoms with Gasteiger partial charge in [-0.1, -0.05) is 115 Å². The Morgan fingerprint density at radius 3 is 2.11 bits per heavy atom. The molecule has 0 saturated heterocycles. The summed E-state index contributed by atoms with van der Waals surface area (Å²) in [7, 11) is -4.63. The highest BCUT2D eigenvalue weighted by atomic mass is 32.2. The second kappa shape index (κ2) is 32.9. The number of fused-ring (bicyclic) bond motifs is 3. The zero-order valence-corrected chi connectivity index (χ0v) is 59.6. The highest BCUT2D eigenvalue weighted by Gasteiger charge is 2.44. The molecule has 0 bridgehead atoms. The summed E-state index contributed by atoms with van der Waals surface area (Å²) in [5.41, 5.74) is 17.1. The van der Waals surface area contributed by atoms with E-state index in [2.05, 4.69) is 144 Å². The number of likely N-dealkylation sites (N-methyl/N-ethyl adjacent to an activating group) is 1. The molecule has 1 aliphatic carbocycles. The van der Waals surface area contributed by atoms with Gasteiger partial charge in [0, 0.05) is 96.0 Å². The summed E-state index contributed by atoms with van der Waals surface area (Å²) in [6.45, 7) is 28.5. The predicted octanol–water partition coefficient (Wildman–Crippen LogP) is 17.2. The van der Waals surface area contributed by atoms with Crippen molar-refractivity contribution >= 4 is 44.7 Å². The smallest absolute Gasteiger partial charge is 0.227 e. The van der Waals surface area contributed by atoms with E-state index in [1.807, 2.05) is 47.5 Å². The zero-order valence-electron chi connectivity index (χ0n) is 58.8. The number of hydrogen-bond acceptors (Lipinski definition) is 10. The minimum Gasteiger partial charge on any atom is -0.744 e. The molecule has 0 radical (unpaired) electrons. The predicted molar refractivity (Wildman–Crippen MR) is 384 cm³/mol. The van der Waals surface area contributed by atoms with Crippen molar-refractivity contribution in [3.05, 3.63) is 177 Å². The fourth-order valence-corrected chi connectivity index (χ4v) is 14.5. The lowest BCUT2D eigenvalue weighted by Crippen LogP contribution is -2.31. The summed E-state index contributed by atoms with van der Waals surface area (Å²) in [5, 5.41) is 8.24. The van der Waals surface area contributed by atoms with E-state index in [1.165, 1.54) is 57.2 Å². The van der Waals surface area contributed by atoms with E-state index in [9.17, 15) is 22.6 Å². The lowest BCUT2D eigenvalue weighted by atomic mass is 9.80. The van der Waals surface area contributed by atoms with Crippen LogP contribution in [0.2, 0.25) is 0 Å². The van der Waals surface area contributed by atoms with Crippen molar-refractivity contribution in [1.82, 2.24) is 24.8 Å². The van der Waals surface area contributed by atoms with E-state index in [1.54, 1.807) is 12.1 Å². The van der Waals surface area contributed by atoms with Gasteiger partial charge in [-0.25, -0.2) is 17.9 Å². The highest BCUT2D eigenvalue weighted by Crippen LogP contribution is 2.49. The molecule has 0 unspecified atom stereocenters. The Kier molecular flexibility index (Phi) is 24.8. The first kappa shape index (κ1) is 71.7. The van der Waals surface area contributed by atoms with Crippen molar-refractivity contribution in [2.45, 2.75) is 220 Å². The average molecular weight is 1310 g/mol. The summed E-state index contributed by atoms with van der Waals surface area (Å²) < 4.78 is 53.3. The van der Waals surface area contributed by atoms with Crippen molar-refractivity contribution < 1.29 is 36.6 Å². The van der Waals surface area contributed by atoms with Crippen LogP contribution in [0.1, 0.15) is 211 Å². The van der Waals surface area contributed by atoms with E-state index in [0.717, 1.165) is 185 Å². The van der Waals surface area contributed by atoms with Crippen LogP contribution in [0.3, 0.4) is 0 Å². The number of nitrogens with zero attached hydrogens (tertiary/aromatic N) is 6. The maximum absolute atomic E-state index is 13.4. The van der Waals surface area contributed by atoms with Crippen molar-refractivity contribution in [2.24, 2.45) is 0 Å². The van der Waals surface area contributed by atoms with Crippen molar-refractivity contribution in [3.8, 4) is 22.8 Å². The fraction of sp³-hybridized carbons (Fsp3) is 0.487. The number of aromatic nitrogens is 3. The van der Waals surface area contributed by atoms with E-state index in [0.29, 0.717) is 38.4 Å². The molecule has 9 rings (SSSR count). The standard InChI is InChI=1S/C80H105N7O7S/c1-12-17-26-50-85-70-45-33-57(6)53-68(70)79(8,9)72(85)47-37-60-30-29-31-61(77(60)94-65-41-43-66(44-42-65)95(90,91)92)38-48-73-80(10,11)69-54-58(7)34-46-71(69)86(73)51-27-23-24-32-74(88)81-49-25-21-19-18-20-22-28-52-93-64-39-35-59(36-40-64)76-67(56-75(89)84(15-4)16-5)78-82-62(13-2)55-63(14-3)87(78)83-76/h33-48,53-55H,12-32,49-52,56H2,1-11H3,(H-,81,88,90,91,92). The number of carbonyl (C=O) groups excluding carboxylic acids is 2. The number of hydrogen-bond donors (Lipinski definition) is 1. The second-order valence-electron chi connectivity index (χ2n) is 27.3. The Hall–Kier alpha value is -7.62. The lowest BCUT2D eigenvalue weighted by Gasteiger charge is -2.27. The van der Waals surface area contributed by atoms with Gasteiger partial charge in [-0.2, -0.15) is 9.67 Å². The molecule has 2 aromatic heterocycles. The van der Waals surface area contributed by atoms with Gasteiger partial charge in [-0.15, -0.1) is 0 Å². The van der Waals surface area contributed by atoms with Crippen LogP contribution in [-0.2, 0) is 49.8 Å². The fourth-order valence-electron chi connectivity index (χ4n) is 14.0. The molecular weight excluding hydrogens is 1200 g/mol. The van der Waals surface area contributed by atoms with Gasteiger partial charge in [0.25, 0.3) is 0 Å². The van der Waals surface area contributed by atoms with E-state index >= 15 is 0 Å². The van der Waals surface area contributed by atoms with Crippen LogP contribution in [-0.4, -0.2) is 93.9 Å². The van der Waals surface area contributed by atoms with Gasteiger partial charge in [0.15, 0.2) is 11.4 Å². The second-order valence-corrected chi connectivity index (χ2v) is 28.6. The normalized spacial score (nSPS) is 16.0. The molecule has 4 heterocycles. The van der Waals surface area contributed by atoms with Crippen molar-refractivity contribution in [1.29, 1.82) is 0 Å². The molecule has 0 spiro atoms. The van der Waals surface area contributed by atoms with Gasteiger partial charge >= 0.3 is 0 Å². The van der Waals surface area contributed by atoms with Gasteiger partial charge in [0.05, 0.1) is 29.0 Å². The molecule has 2 aliphatic heterocycles. The van der Waals surface area contributed by atoms with E-state index < -0.39 is 10.1 Å². The number of allylic oxidation sites excluding steroid dienone is 7. The van der Waals surface area contributed by atoms with Crippen LogP contribution in [0, 0.1) is 13.8 Å². The van der Waals surface area contributed by atoms with Crippen LogP contribution in [0.15, 0.2) is 143 Å². The van der Waals surface area contributed by atoms with Crippen LogP contribution in [0.25, 0.3) is 16.9 Å². The number of aryl methyl sites for hydroxylation is 4. The Labute approximate surface area is 567 Å². The van der Waals surface area contributed by atoms with Gasteiger partial charge in [-0.3, -0.25) is 9.59 Å². The number of rotatable bonds is 34. The minimum absolute atomic E-state index is 0.0798. The Balaban J connectivity index is 0.753. The highest BCUT2D eigenvalue weighted by molar-refractivity contribution is 7.85. The quantitative estimate of drug-likeness (QED) is 0.0234. The van der Waals surface area contributed by atoms with Crippen molar-refractivity contribution in [3.63, 3.8) is 0 Å². The first-order valence-electron chi connectivity index (χ1n) is 35.6. The number of nitrogens with one attached hydrogen (secondary N) is 1. The third-order valence-electron chi connectivity index (χ3n) is 19.6. The maximum Gasteiger partial charge on any atom is 0.227 e. The molecule has 6 aromatic rings. The average Bonchev–Trinajstić information content (AvgIpc) is 1.62. The largest absolute Gasteiger partial charge is 0.744 e. The first-order valence-corrected chi connectivity index (χ1v) is 37.0.